The molecule has 2 atom stereocenters. The number of carbonyl (C=O) groups is 3. The summed E-state index contributed by atoms with van der Waals surface area (Å²) in [6.45, 7) is 10.1. The molecule has 0 aromatic heterocycles. The van der Waals surface area contributed by atoms with Crippen LogP contribution in [0.2, 0.25) is 0 Å². The third-order valence-corrected chi connectivity index (χ3v) is 5.52. The summed E-state index contributed by atoms with van der Waals surface area (Å²) in [5, 5.41) is 5.91. The summed E-state index contributed by atoms with van der Waals surface area (Å²) in [7, 11) is 0. The van der Waals surface area contributed by atoms with Crippen molar-refractivity contribution in [1.29, 1.82) is 0 Å². The first-order valence-electron chi connectivity index (χ1n) is 11.5. The number of nitrogens with one attached hydrogen (secondary N) is 2. The van der Waals surface area contributed by atoms with Crippen molar-refractivity contribution in [3.8, 4) is 0 Å². The summed E-state index contributed by atoms with van der Waals surface area (Å²) in [5.74, 6) is 0.0346. The van der Waals surface area contributed by atoms with E-state index in [1.165, 1.54) is 0 Å². The highest BCUT2D eigenvalue weighted by Crippen LogP contribution is 2.14. The number of hydrogen-bond acceptors (Lipinski definition) is 3. The Labute approximate surface area is 186 Å². The molecule has 0 saturated carbocycles. The standard InChI is InChI=1S/C24H38N4O3/c1-5-6-12-25-24(31)28-14-13-27(17-19(28)4)23(30)21(26-22(29)15-18(2)3)16-20-10-8-7-9-11-20/h7-11,18-19,21H,5-6,12-17H2,1-4H3,(H,25,31)(H,26,29). The fourth-order valence-electron chi connectivity index (χ4n) is 3.83. The van der Waals surface area contributed by atoms with E-state index in [1.54, 1.807) is 9.80 Å². The van der Waals surface area contributed by atoms with Gasteiger partial charge in [0.15, 0.2) is 0 Å². The number of amides is 4. The van der Waals surface area contributed by atoms with E-state index in [4.69, 9.17) is 0 Å². The molecule has 1 heterocycles. The predicted molar refractivity (Wildman–Crippen MR) is 123 cm³/mol. The summed E-state index contributed by atoms with van der Waals surface area (Å²) in [6, 6.07) is 8.99. The summed E-state index contributed by atoms with van der Waals surface area (Å²) in [5.41, 5.74) is 1.01. The first kappa shape index (κ1) is 24.7. The minimum atomic E-state index is -0.606. The molecular weight excluding hydrogens is 392 g/mol. The maximum absolute atomic E-state index is 13.3. The third-order valence-electron chi connectivity index (χ3n) is 5.52. The first-order chi connectivity index (χ1) is 14.8. The second-order valence-electron chi connectivity index (χ2n) is 8.82. The van der Waals surface area contributed by atoms with Gasteiger partial charge in [0.25, 0.3) is 0 Å². The monoisotopic (exact) mass is 430 g/mol. The van der Waals surface area contributed by atoms with Crippen LogP contribution in [0.3, 0.4) is 0 Å². The smallest absolute Gasteiger partial charge is 0.317 e. The van der Waals surface area contributed by atoms with Crippen molar-refractivity contribution in [1.82, 2.24) is 20.4 Å². The van der Waals surface area contributed by atoms with Gasteiger partial charge in [-0.3, -0.25) is 9.59 Å². The van der Waals surface area contributed by atoms with Gasteiger partial charge in [0, 0.05) is 45.1 Å². The van der Waals surface area contributed by atoms with Crippen LogP contribution in [0.4, 0.5) is 4.79 Å². The van der Waals surface area contributed by atoms with Crippen LogP contribution < -0.4 is 10.6 Å². The fourth-order valence-corrected chi connectivity index (χ4v) is 3.83. The summed E-state index contributed by atoms with van der Waals surface area (Å²) < 4.78 is 0. The van der Waals surface area contributed by atoms with Crippen LogP contribution in [0, 0.1) is 5.92 Å². The molecule has 2 unspecified atom stereocenters. The molecule has 1 aromatic carbocycles. The van der Waals surface area contributed by atoms with Gasteiger partial charge in [0.1, 0.15) is 6.04 Å². The highest BCUT2D eigenvalue weighted by molar-refractivity contribution is 5.88. The zero-order valence-electron chi connectivity index (χ0n) is 19.4. The van der Waals surface area contributed by atoms with Gasteiger partial charge in [-0.05, 0) is 24.8 Å². The van der Waals surface area contributed by atoms with E-state index in [9.17, 15) is 14.4 Å². The Morgan fingerprint density at radius 1 is 1.13 bits per heavy atom. The number of rotatable bonds is 9. The van der Waals surface area contributed by atoms with Crippen molar-refractivity contribution < 1.29 is 14.4 Å². The van der Waals surface area contributed by atoms with Crippen LogP contribution in [0.15, 0.2) is 30.3 Å². The normalized spacial score (nSPS) is 17.4. The van der Waals surface area contributed by atoms with Crippen LogP contribution in [0.1, 0.15) is 52.5 Å². The zero-order valence-corrected chi connectivity index (χ0v) is 19.4. The minimum absolute atomic E-state index is 0.0703. The van der Waals surface area contributed by atoms with Crippen molar-refractivity contribution in [3.63, 3.8) is 0 Å². The van der Waals surface area contributed by atoms with Crippen LogP contribution in [0.5, 0.6) is 0 Å². The maximum Gasteiger partial charge on any atom is 0.317 e. The van der Waals surface area contributed by atoms with Gasteiger partial charge < -0.3 is 20.4 Å². The minimum Gasteiger partial charge on any atom is -0.344 e. The number of hydrogen-bond donors (Lipinski definition) is 2. The lowest BCUT2D eigenvalue weighted by atomic mass is 10.0. The van der Waals surface area contributed by atoms with Gasteiger partial charge in [-0.2, -0.15) is 0 Å². The van der Waals surface area contributed by atoms with Crippen molar-refractivity contribution in [2.45, 2.75) is 65.5 Å². The van der Waals surface area contributed by atoms with Crippen molar-refractivity contribution in [2.24, 2.45) is 5.92 Å². The Morgan fingerprint density at radius 2 is 1.84 bits per heavy atom. The van der Waals surface area contributed by atoms with Crippen molar-refractivity contribution in [2.75, 3.05) is 26.2 Å². The van der Waals surface area contributed by atoms with E-state index in [2.05, 4.69) is 17.6 Å². The zero-order chi connectivity index (χ0) is 22.8. The largest absolute Gasteiger partial charge is 0.344 e. The Kier molecular flexibility index (Phi) is 9.82. The number of piperazine rings is 1. The molecule has 1 fully saturated rings. The second-order valence-corrected chi connectivity index (χ2v) is 8.82. The highest BCUT2D eigenvalue weighted by atomic mass is 16.2. The molecule has 2 N–H and O–H groups in total. The second kappa shape index (κ2) is 12.3. The van der Waals surface area contributed by atoms with E-state index < -0.39 is 6.04 Å². The average Bonchev–Trinajstić information content (AvgIpc) is 2.73. The first-order valence-corrected chi connectivity index (χ1v) is 11.5. The molecule has 31 heavy (non-hydrogen) atoms. The molecule has 7 heteroatoms. The third kappa shape index (κ3) is 7.89. The molecule has 4 amide bonds. The van der Waals surface area contributed by atoms with Gasteiger partial charge in [-0.15, -0.1) is 0 Å². The fraction of sp³-hybridized carbons (Fsp3) is 0.625. The lowest BCUT2D eigenvalue weighted by Gasteiger charge is -2.41. The van der Waals surface area contributed by atoms with Crippen molar-refractivity contribution in [3.05, 3.63) is 35.9 Å². The molecule has 7 nitrogen and oxygen atoms in total. The molecule has 0 spiro atoms. The molecule has 0 aliphatic carbocycles. The van der Waals surface area contributed by atoms with Gasteiger partial charge in [0.05, 0.1) is 0 Å². The Hall–Kier alpha value is -2.57. The number of carbonyl (C=O) groups excluding carboxylic acids is 3. The van der Waals surface area contributed by atoms with Gasteiger partial charge >= 0.3 is 6.03 Å². The van der Waals surface area contributed by atoms with E-state index in [0.29, 0.717) is 39.0 Å². The summed E-state index contributed by atoms with van der Waals surface area (Å²) >= 11 is 0. The van der Waals surface area contributed by atoms with E-state index in [1.807, 2.05) is 51.1 Å². The molecule has 1 aromatic rings. The van der Waals surface area contributed by atoms with Gasteiger partial charge in [-0.25, -0.2) is 4.79 Å². The number of unbranched alkanes of at least 4 members (excludes halogenated alkanes) is 1. The SMILES string of the molecule is CCCCNC(=O)N1CCN(C(=O)C(Cc2ccccc2)NC(=O)CC(C)C)CC1C. The molecule has 1 saturated heterocycles. The van der Waals surface area contributed by atoms with Crippen molar-refractivity contribution >= 4 is 17.8 Å². The molecule has 0 bridgehead atoms. The lowest BCUT2D eigenvalue weighted by molar-refractivity contribution is -0.138. The lowest BCUT2D eigenvalue weighted by Crippen LogP contribution is -2.60. The number of benzene rings is 1. The van der Waals surface area contributed by atoms with Gasteiger partial charge in [-0.1, -0.05) is 57.5 Å². The summed E-state index contributed by atoms with van der Waals surface area (Å²) in [4.78, 5) is 41.8. The molecule has 1 aliphatic rings. The topological polar surface area (TPSA) is 81.8 Å². The van der Waals surface area contributed by atoms with Crippen LogP contribution >= 0.6 is 0 Å². The predicted octanol–water partition coefficient (Wildman–Crippen LogP) is 2.80. The number of urea groups is 1. The van der Waals surface area contributed by atoms with E-state index >= 15 is 0 Å². The van der Waals surface area contributed by atoms with Crippen LogP contribution in [-0.2, 0) is 16.0 Å². The Balaban J connectivity index is 2.02. The molecule has 0 radical (unpaired) electrons. The average molecular weight is 431 g/mol. The van der Waals surface area contributed by atoms with Crippen LogP contribution in [0.25, 0.3) is 0 Å². The van der Waals surface area contributed by atoms with E-state index in [-0.39, 0.29) is 29.8 Å². The molecule has 2 rings (SSSR count). The van der Waals surface area contributed by atoms with Gasteiger partial charge in [0.2, 0.25) is 11.8 Å². The maximum atomic E-state index is 13.3. The number of nitrogens with zero attached hydrogens (tertiary/aromatic N) is 2. The quantitative estimate of drug-likeness (QED) is 0.591. The Morgan fingerprint density at radius 3 is 2.45 bits per heavy atom. The highest BCUT2D eigenvalue weighted by Gasteiger charge is 2.33. The molecule has 172 valence electrons. The summed E-state index contributed by atoms with van der Waals surface area (Å²) in [6.07, 6.45) is 2.83. The Bertz CT molecular complexity index is 723. The molecule has 1 aliphatic heterocycles. The molecular formula is C24H38N4O3. The van der Waals surface area contributed by atoms with Crippen LogP contribution in [-0.4, -0.2) is 65.9 Å². The van der Waals surface area contributed by atoms with E-state index in [0.717, 1.165) is 18.4 Å².